The van der Waals surface area contributed by atoms with Crippen molar-refractivity contribution in [2.24, 2.45) is 0 Å². The molecule has 4 rings (SSSR count). The highest BCUT2D eigenvalue weighted by Gasteiger charge is 2.36. The summed E-state index contributed by atoms with van der Waals surface area (Å²) in [6.45, 7) is 0. The van der Waals surface area contributed by atoms with E-state index in [0.29, 0.717) is 0 Å². The first kappa shape index (κ1) is 13.3. The second-order valence-corrected chi connectivity index (χ2v) is 6.03. The summed E-state index contributed by atoms with van der Waals surface area (Å²) in [5, 5.41) is 13.8. The van der Waals surface area contributed by atoms with Gasteiger partial charge in [-0.05, 0) is 17.7 Å². The fourth-order valence-corrected chi connectivity index (χ4v) is 3.77. The van der Waals surface area contributed by atoms with Crippen molar-refractivity contribution in [2.45, 2.75) is 4.83 Å². The second kappa shape index (κ2) is 4.81. The lowest BCUT2D eigenvalue weighted by molar-refractivity contribution is 0.0689. The molecule has 2 aromatic carbocycles. The monoisotopic (exact) mass is 354 g/mol. The third kappa shape index (κ3) is 1.75. The van der Waals surface area contributed by atoms with E-state index in [9.17, 15) is 9.90 Å². The summed E-state index contributed by atoms with van der Waals surface area (Å²) in [6, 6.07) is 17.5. The highest BCUT2D eigenvalue weighted by atomic mass is 79.9. The zero-order chi connectivity index (χ0) is 15.3. The van der Waals surface area contributed by atoms with Gasteiger partial charge < -0.3 is 5.11 Å². The van der Waals surface area contributed by atoms with Gasteiger partial charge in [-0.3, -0.25) is 0 Å². The summed E-state index contributed by atoms with van der Waals surface area (Å²) in [7, 11) is 0. The molecule has 3 aromatic rings. The van der Waals surface area contributed by atoms with E-state index in [1.165, 1.54) is 0 Å². The molecule has 1 aliphatic rings. The number of para-hydroxylation sites is 1. The Balaban J connectivity index is 2.07. The predicted octanol–water partition coefficient (Wildman–Crippen LogP) is 4.04. The number of carbonyl (C=O) groups is 1. The number of carboxylic acid groups (broad SMARTS) is 1. The number of aromatic nitrogens is 2. The molecule has 1 atom stereocenters. The van der Waals surface area contributed by atoms with Crippen molar-refractivity contribution < 1.29 is 9.90 Å². The lowest BCUT2D eigenvalue weighted by Gasteiger charge is -2.07. The molecule has 1 unspecified atom stereocenters. The SMILES string of the molecule is O=C(O)c1nn(-c2ccccc2)c2c1C(Br)c1ccccc1-2. The van der Waals surface area contributed by atoms with Crippen molar-refractivity contribution in [3.05, 3.63) is 71.4 Å². The number of nitrogens with zero attached hydrogens (tertiary/aromatic N) is 2. The average Bonchev–Trinajstić information content (AvgIpc) is 3.07. The topological polar surface area (TPSA) is 55.1 Å². The predicted molar refractivity (Wildman–Crippen MR) is 86.7 cm³/mol. The Labute approximate surface area is 135 Å². The van der Waals surface area contributed by atoms with Gasteiger partial charge in [0, 0.05) is 11.1 Å². The molecule has 0 amide bonds. The first-order valence-electron chi connectivity index (χ1n) is 6.83. The standard InChI is InChI=1S/C17H11BrN2O2/c18-14-11-8-4-5-9-12(11)16-13(14)15(17(21)22)19-20(16)10-6-2-1-3-7-10/h1-9,14H,(H,21,22). The Morgan fingerprint density at radius 1 is 1.09 bits per heavy atom. The maximum absolute atomic E-state index is 11.6. The smallest absolute Gasteiger partial charge is 0.356 e. The molecule has 22 heavy (non-hydrogen) atoms. The second-order valence-electron chi connectivity index (χ2n) is 5.11. The van der Waals surface area contributed by atoms with Gasteiger partial charge in [-0.1, -0.05) is 58.4 Å². The molecular formula is C17H11BrN2O2. The summed E-state index contributed by atoms with van der Waals surface area (Å²) >= 11 is 3.62. The Morgan fingerprint density at radius 3 is 2.50 bits per heavy atom. The molecule has 1 aromatic heterocycles. The van der Waals surface area contributed by atoms with E-state index in [2.05, 4.69) is 21.0 Å². The largest absolute Gasteiger partial charge is 0.476 e. The number of hydrogen-bond donors (Lipinski definition) is 1. The van der Waals surface area contributed by atoms with Crippen LogP contribution >= 0.6 is 15.9 Å². The van der Waals surface area contributed by atoms with Crippen molar-refractivity contribution in [3.63, 3.8) is 0 Å². The number of halogens is 1. The molecule has 1 heterocycles. The number of benzene rings is 2. The van der Waals surface area contributed by atoms with Gasteiger partial charge in [0.25, 0.3) is 0 Å². The molecule has 0 radical (unpaired) electrons. The van der Waals surface area contributed by atoms with Crippen LogP contribution in [0.3, 0.4) is 0 Å². The number of hydrogen-bond acceptors (Lipinski definition) is 2. The van der Waals surface area contributed by atoms with Crippen LogP contribution in [0.1, 0.15) is 26.4 Å². The molecule has 1 N–H and O–H groups in total. The summed E-state index contributed by atoms with van der Waals surface area (Å²) in [4.78, 5) is 11.5. The Hall–Kier alpha value is -2.40. The van der Waals surface area contributed by atoms with Gasteiger partial charge in [0.2, 0.25) is 0 Å². The van der Waals surface area contributed by atoms with Crippen LogP contribution in [0, 0.1) is 0 Å². The fraction of sp³-hybridized carbons (Fsp3) is 0.0588. The zero-order valence-electron chi connectivity index (χ0n) is 11.4. The summed E-state index contributed by atoms with van der Waals surface area (Å²) in [5.74, 6) is -1.01. The number of rotatable bonds is 2. The van der Waals surface area contributed by atoms with Crippen LogP contribution in [0.15, 0.2) is 54.6 Å². The maximum Gasteiger partial charge on any atom is 0.356 e. The van der Waals surface area contributed by atoms with E-state index in [1.807, 2.05) is 54.6 Å². The van der Waals surface area contributed by atoms with Gasteiger partial charge in [0.15, 0.2) is 5.69 Å². The van der Waals surface area contributed by atoms with Gasteiger partial charge in [0.1, 0.15) is 0 Å². The van der Waals surface area contributed by atoms with Crippen LogP contribution in [-0.4, -0.2) is 20.9 Å². The van der Waals surface area contributed by atoms with Crippen LogP contribution < -0.4 is 0 Å². The van der Waals surface area contributed by atoms with E-state index >= 15 is 0 Å². The lowest BCUT2D eigenvalue weighted by atomic mass is 10.1. The molecule has 0 saturated heterocycles. The van der Waals surface area contributed by atoms with Crippen LogP contribution in [0.4, 0.5) is 0 Å². The van der Waals surface area contributed by atoms with Crippen molar-refractivity contribution >= 4 is 21.9 Å². The number of alkyl halides is 1. The van der Waals surface area contributed by atoms with E-state index in [-0.39, 0.29) is 10.5 Å². The van der Waals surface area contributed by atoms with Crippen molar-refractivity contribution in [1.82, 2.24) is 9.78 Å². The van der Waals surface area contributed by atoms with E-state index in [0.717, 1.165) is 28.1 Å². The highest BCUT2D eigenvalue weighted by Crippen LogP contribution is 2.49. The molecule has 1 aliphatic carbocycles. The first-order chi connectivity index (χ1) is 10.7. The fourth-order valence-electron chi connectivity index (χ4n) is 2.93. The molecule has 108 valence electrons. The van der Waals surface area contributed by atoms with Gasteiger partial charge in [-0.2, -0.15) is 5.10 Å². The number of carboxylic acids is 1. The molecule has 0 spiro atoms. The molecular weight excluding hydrogens is 344 g/mol. The van der Waals surface area contributed by atoms with Crippen LogP contribution in [-0.2, 0) is 0 Å². The van der Waals surface area contributed by atoms with Gasteiger partial charge in [-0.15, -0.1) is 0 Å². The molecule has 0 saturated carbocycles. The third-order valence-corrected chi connectivity index (χ3v) is 4.82. The highest BCUT2D eigenvalue weighted by molar-refractivity contribution is 9.09. The summed E-state index contributed by atoms with van der Waals surface area (Å²) < 4.78 is 1.72. The average molecular weight is 355 g/mol. The zero-order valence-corrected chi connectivity index (χ0v) is 13.0. The Morgan fingerprint density at radius 2 is 1.77 bits per heavy atom. The molecule has 0 fully saturated rings. The third-order valence-electron chi connectivity index (χ3n) is 3.87. The lowest BCUT2D eigenvalue weighted by Crippen LogP contribution is -2.04. The molecule has 0 aliphatic heterocycles. The molecule has 0 bridgehead atoms. The summed E-state index contributed by atoms with van der Waals surface area (Å²) in [5.41, 5.74) is 4.60. The van der Waals surface area contributed by atoms with Crippen LogP contribution in [0.25, 0.3) is 16.9 Å². The maximum atomic E-state index is 11.6. The number of fused-ring (bicyclic) bond motifs is 3. The van der Waals surface area contributed by atoms with Crippen LogP contribution in [0.2, 0.25) is 0 Å². The minimum absolute atomic E-state index is 0.0944. The van der Waals surface area contributed by atoms with Gasteiger partial charge in [0.05, 0.1) is 16.2 Å². The Bertz CT molecular complexity index is 887. The van der Waals surface area contributed by atoms with Crippen molar-refractivity contribution in [1.29, 1.82) is 0 Å². The minimum atomic E-state index is -1.01. The number of aromatic carboxylic acids is 1. The van der Waals surface area contributed by atoms with E-state index in [1.54, 1.807) is 4.68 Å². The van der Waals surface area contributed by atoms with Crippen LogP contribution in [0.5, 0.6) is 0 Å². The Kier molecular flexibility index (Phi) is 2.90. The van der Waals surface area contributed by atoms with Gasteiger partial charge >= 0.3 is 5.97 Å². The minimum Gasteiger partial charge on any atom is -0.476 e. The quantitative estimate of drug-likeness (QED) is 0.706. The van der Waals surface area contributed by atoms with Gasteiger partial charge in [-0.25, -0.2) is 9.48 Å². The van der Waals surface area contributed by atoms with E-state index < -0.39 is 5.97 Å². The normalized spacial score (nSPS) is 15.4. The van der Waals surface area contributed by atoms with E-state index in [4.69, 9.17) is 0 Å². The van der Waals surface area contributed by atoms with Crippen molar-refractivity contribution in [3.8, 4) is 16.9 Å². The molecule has 5 heteroatoms. The molecule has 4 nitrogen and oxygen atoms in total. The first-order valence-corrected chi connectivity index (χ1v) is 7.75. The van der Waals surface area contributed by atoms with Crippen molar-refractivity contribution in [2.75, 3.05) is 0 Å². The summed E-state index contributed by atoms with van der Waals surface area (Å²) in [6.07, 6.45) is 0.